The van der Waals surface area contributed by atoms with Crippen LogP contribution in [0.15, 0.2) is 104 Å². The number of hydrogen-bond donors (Lipinski definition) is 1. The van der Waals surface area contributed by atoms with E-state index in [0.29, 0.717) is 29.3 Å². The van der Waals surface area contributed by atoms with Gasteiger partial charge in [0.2, 0.25) is 5.91 Å². The first-order valence-corrected chi connectivity index (χ1v) is 12.3. The summed E-state index contributed by atoms with van der Waals surface area (Å²) in [6, 6.07) is 21.9. The van der Waals surface area contributed by atoms with Gasteiger partial charge < -0.3 is 14.5 Å². The second-order valence-corrected chi connectivity index (χ2v) is 9.04. The molecule has 6 nitrogen and oxygen atoms in total. The van der Waals surface area contributed by atoms with Crippen LogP contribution in [0.3, 0.4) is 0 Å². The van der Waals surface area contributed by atoms with Crippen molar-refractivity contribution in [2.45, 2.75) is 31.7 Å². The number of carbonyl (C=O) groups excluding carboxylic acids is 1. The van der Waals surface area contributed by atoms with Crippen LogP contribution in [0.25, 0.3) is 5.65 Å². The van der Waals surface area contributed by atoms with E-state index in [2.05, 4.69) is 15.3 Å². The predicted octanol–water partition coefficient (Wildman–Crippen LogP) is 6.17. The number of nitrogens with zero attached hydrogens (tertiary/aromatic N) is 3. The fourth-order valence-corrected chi connectivity index (χ4v) is 4.40. The van der Waals surface area contributed by atoms with Crippen LogP contribution in [0.2, 0.25) is 0 Å². The van der Waals surface area contributed by atoms with Crippen LogP contribution in [-0.4, -0.2) is 20.3 Å². The summed E-state index contributed by atoms with van der Waals surface area (Å²) in [5, 5.41) is 2.85. The molecule has 3 heterocycles. The van der Waals surface area contributed by atoms with E-state index in [1.165, 1.54) is 6.07 Å². The zero-order valence-corrected chi connectivity index (χ0v) is 20.8. The third-order valence-corrected chi connectivity index (χ3v) is 6.34. The fourth-order valence-electron chi connectivity index (χ4n) is 4.40. The fraction of sp³-hybridized carbons (Fsp3) is 0.167. The first kappa shape index (κ1) is 26.0. The summed E-state index contributed by atoms with van der Waals surface area (Å²) >= 11 is 0. The van der Waals surface area contributed by atoms with Gasteiger partial charge in [0.25, 0.3) is 0 Å². The highest BCUT2D eigenvalue weighted by atomic mass is 19.4. The molecule has 0 bridgehead atoms. The van der Waals surface area contributed by atoms with Crippen LogP contribution < -0.4 is 10.1 Å². The Hall–Kier alpha value is -4.66. The Bertz CT molecular complexity index is 1550. The van der Waals surface area contributed by atoms with Gasteiger partial charge in [0, 0.05) is 43.7 Å². The van der Waals surface area contributed by atoms with Gasteiger partial charge in [-0.2, -0.15) is 13.2 Å². The zero-order chi connectivity index (χ0) is 27.2. The van der Waals surface area contributed by atoms with Crippen molar-refractivity contribution in [3.63, 3.8) is 0 Å². The molecular weight excluding hydrogens is 505 g/mol. The summed E-state index contributed by atoms with van der Waals surface area (Å²) in [5.41, 5.74) is 2.47. The summed E-state index contributed by atoms with van der Waals surface area (Å²) < 4.78 is 48.5. The maximum Gasteiger partial charge on any atom is 0.416 e. The highest BCUT2D eigenvalue weighted by Gasteiger charge is 2.32. The molecule has 2 aromatic carbocycles. The number of imidazole rings is 1. The van der Waals surface area contributed by atoms with Crippen LogP contribution in [-0.2, 0) is 24.1 Å². The van der Waals surface area contributed by atoms with E-state index in [9.17, 15) is 18.0 Å². The number of halogens is 3. The summed E-state index contributed by atoms with van der Waals surface area (Å²) in [7, 11) is 0. The number of carbonyl (C=O) groups is 1. The topological polar surface area (TPSA) is 68.5 Å². The minimum Gasteiger partial charge on any atom is -0.485 e. The highest BCUT2D eigenvalue weighted by molar-refractivity contribution is 5.77. The molecule has 1 amide bonds. The van der Waals surface area contributed by atoms with Gasteiger partial charge in [0.1, 0.15) is 6.61 Å². The Labute approximate surface area is 223 Å². The first-order chi connectivity index (χ1) is 18.9. The van der Waals surface area contributed by atoms with Crippen molar-refractivity contribution in [1.82, 2.24) is 19.7 Å². The standard InChI is InChI=1S/C30H25F3N4O2/c31-30(32,33)24-11-4-10-23(15-24)25(16-28(38)35-18-22-9-5-13-34-17-22)26-19-36-29-27(12-6-14-37(26)29)39-20-21-7-2-1-3-8-21/h1-15,17,19,25H,16,18,20H2,(H,35,38). The zero-order valence-electron chi connectivity index (χ0n) is 20.8. The number of nitrogens with one attached hydrogen (secondary N) is 1. The van der Waals surface area contributed by atoms with Gasteiger partial charge >= 0.3 is 6.18 Å². The van der Waals surface area contributed by atoms with Gasteiger partial charge in [-0.3, -0.25) is 9.78 Å². The number of benzene rings is 2. The van der Waals surface area contributed by atoms with Gasteiger partial charge in [0.15, 0.2) is 11.4 Å². The quantitative estimate of drug-likeness (QED) is 0.248. The molecule has 0 aliphatic rings. The van der Waals surface area contributed by atoms with Gasteiger partial charge in [0.05, 0.1) is 11.3 Å². The average molecular weight is 531 g/mol. The predicted molar refractivity (Wildman–Crippen MR) is 140 cm³/mol. The smallest absolute Gasteiger partial charge is 0.416 e. The van der Waals surface area contributed by atoms with Crippen LogP contribution in [0.4, 0.5) is 13.2 Å². The largest absolute Gasteiger partial charge is 0.485 e. The van der Waals surface area contributed by atoms with E-state index in [1.54, 1.807) is 53.5 Å². The lowest BCUT2D eigenvalue weighted by Gasteiger charge is -2.19. The van der Waals surface area contributed by atoms with Gasteiger partial charge in [-0.1, -0.05) is 54.6 Å². The molecule has 9 heteroatoms. The van der Waals surface area contributed by atoms with E-state index >= 15 is 0 Å². The number of ether oxygens (including phenoxy) is 1. The lowest BCUT2D eigenvalue weighted by atomic mass is 9.91. The molecule has 0 aliphatic carbocycles. The minimum absolute atomic E-state index is 0.0789. The Morgan fingerprint density at radius 1 is 0.949 bits per heavy atom. The van der Waals surface area contributed by atoms with Crippen LogP contribution in [0, 0.1) is 0 Å². The number of amides is 1. The summed E-state index contributed by atoms with van der Waals surface area (Å²) in [6.07, 6.45) is 2.04. The molecule has 0 aliphatic heterocycles. The molecule has 0 saturated carbocycles. The van der Waals surface area contributed by atoms with E-state index in [0.717, 1.165) is 23.3 Å². The maximum absolute atomic E-state index is 13.6. The molecule has 1 atom stereocenters. The highest BCUT2D eigenvalue weighted by Crippen LogP contribution is 2.35. The molecule has 3 aromatic heterocycles. The molecule has 39 heavy (non-hydrogen) atoms. The third-order valence-electron chi connectivity index (χ3n) is 6.34. The van der Waals surface area contributed by atoms with Crippen LogP contribution in [0.5, 0.6) is 5.75 Å². The third kappa shape index (κ3) is 6.26. The molecule has 0 radical (unpaired) electrons. The van der Waals surface area contributed by atoms with Gasteiger partial charge in [-0.05, 0) is 41.0 Å². The minimum atomic E-state index is -4.51. The van der Waals surface area contributed by atoms with Crippen molar-refractivity contribution in [1.29, 1.82) is 0 Å². The summed E-state index contributed by atoms with van der Waals surface area (Å²) in [5.74, 6) is -0.482. The van der Waals surface area contributed by atoms with Crippen LogP contribution in [0.1, 0.15) is 40.3 Å². The van der Waals surface area contributed by atoms with Crippen molar-refractivity contribution >= 4 is 11.6 Å². The summed E-state index contributed by atoms with van der Waals surface area (Å²) in [4.78, 5) is 21.6. The Kier molecular flexibility index (Phi) is 7.58. The van der Waals surface area contributed by atoms with E-state index in [-0.39, 0.29) is 18.9 Å². The monoisotopic (exact) mass is 530 g/mol. The normalized spacial score (nSPS) is 12.3. The first-order valence-electron chi connectivity index (χ1n) is 12.3. The Morgan fingerprint density at radius 3 is 2.54 bits per heavy atom. The maximum atomic E-state index is 13.6. The number of aromatic nitrogens is 3. The van der Waals surface area contributed by atoms with Gasteiger partial charge in [-0.25, -0.2) is 4.98 Å². The number of alkyl halides is 3. The molecule has 5 rings (SSSR count). The molecule has 5 aromatic rings. The van der Waals surface area contributed by atoms with E-state index in [4.69, 9.17) is 4.74 Å². The second-order valence-electron chi connectivity index (χ2n) is 9.04. The van der Waals surface area contributed by atoms with Crippen LogP contribution >= 0.6 is 0 Å². The molecular formula is C30H25F3N4O2. The Balaban J connectivity index is 1.46. The van der Waals surface area contributed by atoms with E-state index < -0.39 is 17.7 Å². The van der Waals surface area contributed by atoms with Crippen molar-refractivity contribution in [3.8, 4) is 5.75 Å². The molecule has 1 unspecified atom stereocenters. The number of hydrogen-bond acceptors (Lipinski definition) is 4. The average Bonchev–Trinajstić information content (AvgIpc) is 3.39. The number of rotatable bonds is 9. The molecule has 1 N–H and O–H groups in total. The summed E-state index contributed by atoms with van der Waals surface area (Å²) in [6.45, 7) is 0.586. The Morgan fingerprint density at radius 2 is 1.77 bits per heavy atom. The van der Waals surface area contributed by atoms with Crippen molar-refractivity contribution in [3.05, 3.63) is 132 Å². The molecule has 0 fully saturated rings. The molecule has 198 valence electrons. The molecule has 0 saturated heterocycles. The number of fused-ring (bicyclic) bond motifs is 1. The van der Waals surface area contributed by atoms with Crippen molar-refractivity contribution in [2.75, 3.05) is 0 Å². The van der Waals surface area contributed by atoms with Crippen molar-refractivity contribution in [2.24, 2.45) is 0 Å². The second kappa shape index (κ2) is 11.4. The lowest BCUT2D eigenvalue weighted by Crippen LogP contribution is -2.25. The van der Waals surface area contributed by atoms with Gasteiger partial charge in [-0.15, -0.1) is 0 Å². The SMILES string of the molecule is O=C(CC(c1cccc(C(F)(F)F)c1)c1cnc2c(OCc3ccccc3)cccn12)NCc1cccnc1. The molecule has 0 spiro atoms. The number of pyridine rings is 2. The van der Waals surface area contributed by atoms with E-state index in [1.807, 2.05) is 36.4 Å². The van der Waals surface area contributed by atoms with Crippen molar-refractivity contribution < 1.29 is 22.7 Å². The lowest BCUT2D eigenvalue weighted by molar-refractivity contribution is -0.137.